The summed E-state index contributed by atoms with van der Waals surface area (Å²) in [5.74, 6) is 0.464. The first-order valence-corrected chi connectivity index (χ1v) is 8.25. The monoisotopic (exact) mass is 444 g/mol. The number of amides is 1. The van der Waals surface area contributed by atoms with Gasteiger partial charge in [-0.25, -0.2) is 5.43 Å². The first-order chi connectivity index (χ1) is 11.0. The SMILES string of the molecule is CCOc1cc(C=NNC(=O)c2ccoc2C)c(Br)c(Br)c1O. The lowest BCUT2D eigenvalue weighted by Crippen LogP contribution is -2.17. The molecule has 6 nitrogen and oxygen atoms in total. The number of aryl methyl sites for hydroxylation is 1. The largest absolute Gasteiger partial charge is 0.503 e. The van der Waals surface area contributed by atoms with Gasteiger partial charge in [0.25, 0.3) is 5.91 Å². The van der Waals surface area contributed by atoms with Crippen LogP contribution in [0, 0.1) is 6.92 Å². The number of phenols is 1. The van der Waals surface area contributed by atoms with Crippen molar-refractivity contribution in [2.75, 3.05) is 6.61 Å². The minimum Gasteiger partial charge on any atom is -0.503 e. The molecule has 0 unspecified atom stereocenters. The van der Waals surface area contributed by atoms with E-state index in [1.54, 1.807) is 19.1 Å². The zero-order chi connectivity index (χ0) is 17.0. The number of aromatic hydroxyl groups is 1. The summed E-state index contributed by atoms with van der Waals surface area (Å²) in [6.07, 6.45) is 2.89. The molecule has 1 aromatic heterocycles. The fourth-order valence-electron chi connectivity index (χ4n) is 1.81. The van der Waals surface area contributed by atoms with E-state index in [-0.39, 0.29) is 11.7 Å². The van der Waals surface area contributed by atoms with Crippen molar-refractivity contribution in [3.63, 3.8) is 0 Å². The Morgan fingerprint density at radius 1 is 1.48 bits per heavy atom. The lowest BCUT2D eigenvalue weighted by atomic mass is 10.2. The van der Waals surface area contributed by atoms with Gasteiger partial charge in [-0.05, 0) is 57.8 Å². The predicted molar refractivity (Wildman–Crippen MR) is 93.2 cm³/mol. The van der Waals surface area contributed by atoms with E-state index in [4.69, 9.17) is 9.15 Å². The standard InChI is InChI=1S/C15H14Br2N2O4/c1-3-22-11-6-9(12(16)13(17)14(11)20)7-18-19-15(21)10-4-5-23-8(10)2/h4-7,20H,3H2,1-2H3,(H,19,21). The minimum atomic E-state index is -0.369. The van der Waals surface area contributed by atoms with Gasteiger partial charge in [0, 0.05) is 10.0 Å². The molecule has 8 heteroatoms. The van der Waals surface area contributed by atoms with Crippen LogP contribution < -0.4 is 10.2 Å². The number of carbonyl (C=O) groups excluding carboxylic acids is 1. The van der Waals surface area contributed by atoms with Crippen molar-refractivity contribution in [3.05, 3.63) is 44.2 Å². The maximum absolute atomic E-state index is 11.9. The smallest absolute Gasteiger partial charge is 0.274 e. The first-order valence-electron chi connectivity index (χ1n) is 6.67. The number of hydrogen-bond acceptors (Lipinski definition) is 5. The number of furan rings is 1. The van der Waals surface area contributed by atoms with E-state index in [0.717, 1.165) is 0 Å². The lowest BCUT2D eigenvalue weighted by molar-refractivity contribution is 0.0953. The van der Waals surface area contributed by atoms with E-state index in [1.165, 1.54) is 12.5 Å². The second kappa shape index (κ2) is 7.65. The van der Waals surface area contributed by atoms with Crippen LogP contribution in [0.25, 0.3) is 0 Å². The summed E-state index contributed by atoms with van der Waals surface area (Å²) in [4.78, 5) is 11.9. The van der Waals surface area contributed by atoms with Crippen molar-refractivity contribution in [1.29, 1.82) is 0 Å². The van der Waals surface area contributed by atoms with Gasteiger partial charge in [-0.2, -0.15) is 5.10 Å². The topological polar surface area (TPSA) is 84.1 Å². The zero-order valence-electron chi connectivity index (χ0n) is 12.4. The molecule has 0 bridgehead atoms. The van der Waals surface area contributed by atoms with Crippen molar-refractivity contribution in [2.45, 2.75) is 13.8 Å². The van der Waals surface area contributed by atoms with Gasteiger partial charge in [-0.1, -0.05) is 0 Å². The number of carbonyl (C=O) groups is 1. The van der Waals surface area contributed by atoms with Crippen LogP contribution in [0.1, 0.15) is 28.6 Å². The van der Waals surface area contributed by atoms with Crippen LogP contribution in [0.2, 0.25) is 0 Å². The number of rotatable bonds is 5. The van der Waals surface area contributed by atoms with Gasteiger partial charge in [0.15, 0.2) is 11.5 Å². The third-order valence-corrected chi connectivity index (χ3v) is 5.11. The molecule has 0 spiro atoms. The minimum absolute atomic E-state index is 0.00562. The highest BCUT2D eigenvalue weighted by atomic mass is 79.9. The highest BCUT2D eigenvalue weighted by molar-refractivity contribution is 9.13. The van der Waals surface area contributed by atoms with Crippen molar-refractivity contribution in [2.24, 2.45) is 5.10 Å². The van der Waals surface area contributed by atoms with E-state index >= 15 is 0 Å². The molecule has 0 saturated heterocycles. The molecular weight excluding hydrogens is 432 g/mol. The summed E-state index contributed by atoms with van der Waals surface area (Å²) >= 11 is 6.63. The van der Waals surface area contributed by atoms with Crippen LogP contribution >= 0.6 is 31.9 Å². The quantitative estimate of drug-likeness (QED) is 0.538. The molecule has 1 amide bonds. The molecule has 1 heterocycles. The Morgan fingerprint density at radius 3 is 2.83 bits per heavy atom. The van der Waals surface area contributed by atoms with Gasteiger partial charge < -0.3 is 14.3 Å². The van der Waals surface area contributed by atoms with E-state index in [9.17, 15) is 9.90 Å². The fraction of sp³-hybridized carbons (Fsp3) is 0.200. The Kier molecular flexibility index (Phi) is 5.84. The number of hydrazone groups is 1. The Bertz CT molecular complexity index is 756. The molecule has 0 radical (unpaired) electrons. The van der Waals surface area contributed by atoms with Gasteiger partial charge in [-0.3, -0.25) is 4.79 Å². The summed E-state index contributed by atoms with van der Waals surface area (Å²) < 4.78 is 11.5. The summed E-state index contributed by atoms with van der Waals surface area (Å²) in [5.41, 5.74) is 3.46. The van der Waals surface area contributed by atoms with E-state index < -0.39 is 0 Å². The summed E-state index contributed by atoms with van der Waals surface area (Å²) in [7, 11) is 0. The second-order valence-electron chi connectivity index (χ2n) is 4.46. The molecule has 2 N–H and O–H groups in total. The van der Waals surface area contributed by atoms with Crippen molar-refractivity contribution in [1.82, 2.24) is 5.43 Å². The number of nitrogens with zero attached hydrogens (tertiary/aromatic N) is 1. The van der Waals surface area contributed by atoms with E-state index in [0.29, 0.717) is 38.2 Å². The number of nitrogens with one attached hydrogen (secondary N) is 1. The third-order valence-electron chi connectivity index (χ3n) is 2.95. The molecule has 23 heavy (non-hydrogen) atoms. The van der Waals surface area contributed by atoms with Crippen LogP contribution in [-0.4, -0.2) is 23.8 Å². The molecule has 0 atom stereocenters. The van der Waals surface area contributed by atoms with Crippen molar-refractivity contribution >= 4 is 44.0 Å². The highest BCUT2D eigenvalue weighted by Gasteiger charge is 2.14. The molecule has 0 aliphatic rings. The molecule has 1 aromatic carbocycles. The Morgan fingerprint density at radius 2 is 2.22 bits per heavy atom. The lowest BCUT2D eigenvalue weighted by Gasteiger charge is -2.10. The molecule has 0 aliphatic carbocycles. The van der Waals surface area contributed by atoms with Crippen LogP contribution in [0.5, 0.6) is 11.5 Å². The maximum atomic E-state index is 11.9. The van der Waals surface area contributed by atoms with Crippen LogP contribution in [0.15, 0.2) is 36.9 Å². The predicted octanol–water partition coefficient (Wildman–Crippen LogP) is 3.98. The van der Waals surface area contributed by atoms with Gasteiger partial charge in [0.2, 0.25) is 0 Å². The van der Waals surface area contributed by atoms with Crippen LogP contribution in [-0.2, 0) is 0 Å². The zero-order valence-corrected chi connectivity index (χ0v) is 15.6. The maximum Gasteiger partial charge on any atom is 0.274 e. The summed E-state index contributed by atoms with van der Waals surface area (Å²) in [5, 5.41) is 13.9. The number of hydrogen-bond donors (Lipinski definition) is 2. The molecule has 0 saturated carbocycles. The number of phenolic OH excluding ortho intramolecular Hbond substituents is 1. The van der Waals surface area contributed by atoms with Crippen molar-refractivity contribution in [3.8, 4) is 11.5 Å². The Balaban J connectivity index is 2.19. The van der Waals surface area contributed by atoms with Gasteiger partial charge >= 0.3 is 0 Å². The number of benzene rings is 1. The molecule has 0 aliphatic heterocycles. The fourth-order valence-corrected chi connectivity index (χ4v) is 2.64. The molecular formula is C15H14Br2N2O4. The normalized spacial score (nSPS) is 11.0. The van der Waals surface area contributed by atoms with Crippen molar-refractivity contribution < 1.29 is 19.1 Å². The van der Waals surface area contributed by atoms with E-state index in [2.05, 4.69) is 42.4 Å². The highest BCUT2D eigenvalue weighted by Crippen LogP contribution is 2.41. The molecule has 0 fully saturated rings. The van der Waals surface area contributed by atoms with Gasteiger partial charge in [-0.15, -0.1) is 0 Å². The van der Waals surface area contributed by atoms with Crippen LogP contribution in [0.3, 0.4) is 0 Å². The van der Waals surface area contributed by atoms with E-state index in [1.807, 2.05) is 6.92 Å². The average molecular weight is 446 g/mol. The first kappa shape index (κ1) is 17.6. The Labute approximate surface area is 149 Å². The third kappa shape index (κ3) is 3.94. The van der Waals surface area contributed by atoms with Crippen LogP contribution in [0.4, 0.5) is 0 Å². The molecule has 2 aromatic rings. The van der Waals surface area contributed by atoms with Gasteiger partial charge in [0.05, 0.1) is 29.1 Å². The summed E-state index contributed by atoms with van der Waals surface area (Å²) in [6.45, 7) is 3.92. The summed E-state index contributed by atoms with van der Waals surface area (Å²) in [6, 6.07) is 3.19. The Hall–Kier alpha value is -1.80. The average Bonchev–Trinajstić information content (AvgIpc) is 2.95. The number of ether oxygens (including phenoxy) is 1. The van der Waals surface area contributed by atoms with Gasteiger partial charge in [0.1, 0.15) is 5.76 Å². The second-order valence-corrected chi connectivity index (χ2v) is 6.05. The molecule has 2 rings (SSSR count). The molecule has 122 valence electrons. The number of halogens is 2.